The molecule has 0 radical (unpaired) electrons. The maximum atomic E-state index is 11.8. The molecule has 0 aliphatic carbocycles. The van der Waals surface area contributed by atoms with Gasteiger partial charge in [-0.1, -0.05) is 0 Å². The van der Waals surface area contributed by atoms with Gasteiger partial charge in [0.25, 0.3) is 0 Å². The molecule has 17 heavy (non-hydrogen) atoms. The molecular formula is C9H15F3N2O2S. The number of hydrogen-bond donors (Lipinski definition) is 2. The Kier molecular flexibility index (Phi) is 7.01. The normalized spacial score (nSPS) is 13.2. The highest BCUT2D eigenvalue weighted by molar-refractivity contribution is 7.99. The average molecular weight is 272 g/mol. The highest BCUT2D eigenvalue weighted by Crippen LogP contribution is 2.22. The summed E-state index contributed by atoms with van der Waals surface area (Å²) in [5.41, 5.74) is 5.00. The number of alkyl halides is 3. The fourth-order valence-electron chi connectivity index (χ4n) is 0.974. The van der Waals surface area contributed by atoms with Crippen LogP contribution >= 0.6 is 11.8 Å². The first-order valence-electron chi connectivity index (χ1n) is 4.99. The van der Waals surface area contributed by atoms with E-state index < -0.39 is 30.3 Å². The van der Waals surface area contributed by atoms with Crippen molar-refractivity contribution in [3.05, 3.63) is 0 Å². The standard InChI is InChI=1S/C9H15F3N2O2S/c1-2-14-8(16)6(7(13)15)5-17-4-3-9(10,11)12/h6H,2-5H2,1H3,(H2,13,15)(H,14,16). The molecule has 0 saturated carbocycles. The van der Waals surface area contributed by atoms with Crippen LogP contribution in [0.1, 0.15) is 13.3 Å². The van der Waals surface area contributed by atoms with E-state index in [9.17, 15) is 22.8 Å². The summed E-state index contributed by atoms with van der Waals surface area (Å²) >= 11 is 0.889. The van der Waals surface area contributed by atoms with Gasteiger partial charge in [-0.25, -0.2) is 0 Å². The Bertz CT molecular complexity index is 271. The average Bonchev–Trinajstić information content (AvgIpc) is 2.15. The topological polar surface area (TPSA) is 72.2 Å². The van der Waals surface area contributed by atoms with E-state index in [1.165, 1.54) is 0 Å². The van der Waals surface area contributed by atoms with E-state index in [0.717, 1.165) is 11.8 Å². The molecular weight excluding hydrogens is 257 g/mol. The predicted octanol–water partition coefficient (Wildman–Crippen LogP) is 0.910. The van der Waals surface area contributed by atoms with E-state index in [1.807, 2.05) is 0 Å². The van der Waals surface area contributed by atoms with Crippen LogP contribution in [0.5, 0.6) is 0 Å². The fourth-order valence-corrected chi connectivity index (χ4v) is 2.07. The Labute approximate surface area is 101 Å². The minimum atomic E-state index is -4.22. The van der Waals surface area contributed by atoms with Crippen molar-refractivity contribution in [3.8, 4) is 0 Å². The smallest absolute Gasteiger partial charge is 0.369 e. The zero-order valence-corrected chi connectivity index (χ0v) is 10.2. The molecule has 0 aliphatic heterocycles. The molecule has 2 amide bonds. The van der Waals surface area contributed by atoms with Crippen molar-refractivity contribution in [1.82, 2.24) is 5.32 Å². The van der Waals surface area contributed by atoms with Crippen LogP contribution in [-0.2, 0) is 9.59 Å². The lowest BCUT2D eigenvalue weighted by molar-refractivity contribution is -0.132. The first-order valence-corrected chi connectivity index (χ1v) is 6.15. The van der Waals surface area contributed by atoms with Crippen molar-refractivity contribution < 1.29 is 22.8 Å². The molecule has 0 bridgehead atoms. The molecule has 0 heterocycles. The molecule has 0 spiro atoms. The van der Waals surface area contributed by atoms with Crippen molar-refractivity contribution in [1.29, 1.82) is 0 Å². The van der Waals surface area contributed by atoms with Crippen LogP contribution in [0.25, 0.3) is 0 Å². The van der Waals surface area contributed by atoms with Crippen LogP contribution in [-0.4, -0.2) is 36.0 Å². The van der Waals surface area contributed by atoms with Gasteiger partial charge in [0.05, 0.1) is 6.42 Å². The zero-order chi connectivity index (χ0) is 13.5. The van der Waals surface area contributed by atoms with Gasteiger partial charge in [-0.15, -0.1) is 0 Å². The summed E-state index contributed by atoms with van der Waals surface area (Å²) in [7, 11) is 0. The monoisotopic (exact) mass is 272 g/mol. The number of nitrogens with one attached hydrogen (secondary N) is 1. The molecule has 0 rings (SSSR count). The first kappa shape index (κ1) is 16.1. The molecule has 0 aliphatic rings. The quantitative estimate of drug-likeness (QED) is 0.534. The number of halogens is 3. The van der Waals surface area contributed by atoms with Gasteiger partial charge in [0, 0.05) is 18.1 Å². The maximum absolute atomic E-state index is 11.8. The Balaban J connectivity index is 4.03. The van der Waals surface area contributed by atoms with Crippen LogP contribution in [0.3, 0.4) is 0 Å². The lowest BCUT2D eigenvalue weighted by Crippen LogP contribution is -2.40. The Morgan fingerprint density at radius 1 is 1.41 bits per heavy atom. The van der Waals surface area contributed by atoms with Crippen molar-refractivity contribution in [3.63, 3.8) is 0 Å². The molecule has 1 unspecified atom stereocenters. The minimum absolute atomic E-state index is 0.0305. The van der Waals surface area contributed by atoms with Gasteiger partial charge in [0.15, 0.2) is 0 Å². The Hall–Kier alpha value is -0.920. The van der Waals surface area contributed by atoms with E-state index in [2.05, 4.69) is 5.32 Å². The van der Waals surface area contributed by atoms with E-state index in [4.69, 9.17) is 5.73 Å². The largest absolute Gasteiger partial charge is 0.389 e. The number of thioether (sulfide) groups is 1. The van der Waals surface area contributed by atoms with Crippen molar-refractivity contribution in [2.45, 2.75) is 19.5 Å². The molecule has 0 saturated heterocycles. The Morgan fingerprint density at radius 2 is 2.00 bits per heavy atom. The minimum Gasteiger partial charge on any atom is -0.369 e. The van der Waals surface area contributed by atoms with E-state index in [0.29, 0.717) is 6.54 Å². The van der Waals surface area contributed by atoms with E-state index >= 15 is 0 Å². The summed E-state index contributed by atoms with van der Waals surface area (Å²) in [5, 5.41) is 2.41. The molecule has 1 atom stereocenters. The highest BCUT2D eigenvalue weighted by atomic mass is 32.2. The third-order valence-electron chi connectivity index (χ3n) is 1.83. The second-order valence-corrected chi connectivity index (χ2v) is 4.44. The number of hydrogen-bond acceptors (Lipinski definition) is 3. The summed E-state index contributed by atoms with van der Waals surface area (Å²) in [4.78, 5) is 22.3. The van der Waals surface area contributed by atoms with Gasteiger partial charge < -0.3 is 11.1 Å². The number of rotatable bonds is 7. The maximum Gasteiger partial charge on any atom is 0.389 e. The van der Waals surface area contributed by atoms with Crippen molar-refractivity contribution in [2.75, 3.05) is 18.1 Å². The van der Waals surface area contributed by atoms with Crippen molar-refractivity contribution in [2.24, 2.45) is 11.7 Å². The van der Waals surface area contributed by atoms with Gasteiger partial charge in [0.2, 0.25) is 11.8 Å². The first-order chi connectivity index (χ1) is 7.78. The van der Waals surface area contributed by atoms with Gasteiger partial charge in [0.1, 0.15) is 5.92 Å². The van der Waals surface area contributed by atoms with Gasteiger partial charge in [-0.3, -0.25) is 9.59 Å². The highest BCUT2D eigenvalue weighted by Gasteiger charge is 2.28. The molecule has 0 fully saturated rings. The summed E-state index contributed by atoms with van der Waals surface area (Å²) in [6.45, 7) is 2.02. The SMILES string of the molecule is CCNC(=O)C(CSCCC(F)(F)F)C(N)=O. The van der Waals surface area contributed by atoms with Gasteiger partial charge >= 0.3 is 6.18 Å². The second-order valence-electron chi connectivity index (χ2n) is 3.29. The number of nitrogens with two attached hydrogens (primary N) is 1. The molecule has 0 aromatic rings. The molecule has 8 heteroatoms. The summed E-state index contributed by atoms with van der Waals surface area (Å²) in [5.74, 6) is -2.66. The van der Waals surface area contributed by atoms with Gasteiger partial charge in [-0.2, -0.15) is 24.9 Å². The number of primary amides is 1. The van der Waals surface area contributed by atoms with Crippen molar-refractivity contribution >= 4 is 23.6 Å². The Morgan fingerprint density at radius 3 is 2.41 bits per heavy atom. The molecule has 0 aromatic heterocycles. The van der Waals surface area contributed by atoms with Crippen LogP contribution in [0.4, 0.5) is 13.2 Å². The fraction of sp³-hybridized carbons (Fsp3) is 0.778. The molecule has 3 N–H and O–H groups in total. The zero-order valence-electron chi connectivity index (χ0n) is 9.34. The van der Waals surface area contributed by atoms with Crippen LogP contribution in [0.2, 0.25) is 0 Å². The number of amides is 2. The predicted molar refractivity (Wildman–Crippen MR) is 59.4 cm³/mol. The third-order valence-corrected chi connectivity index (χ3v) is 2.89. The summed E-state index contributed by atoms with van der Waals surface area (Å²) in [6.07, 6.45) is -5.17. The summed E-state index contributed by atoms with van der Waals surface area (Å²) in [6, 6.07) is 0. The van der Waals surface area contributed by atoms with Crippen LogP contribution < -0.4 is 11.1 Å². The van der Waals surface area contributed by atoms with E-state index in [1.54, 1.807) is 6.92 Å². The molecule has 100 valence electrons. The van der Waals surface area contributed by atoms with Gasteiger partial charge in [-0.05, 0) is 6.92 Å². The van der Waals surface area contributed by atoms with Crippen LogP contribution in [0.15, 0.2) is 0 Å². The third kappa shape index (κ3) is 7.89. The lowest BCUT2D eigenvalue weighted by atomic mass is 10.1. The molecule has 0 aromatic carbocycles. The van der Waals surface area contributed by atoms with E-state index in [-0.39, 0.29) is 11.5 Å². The number of carbonyl (C=O) groups excluding carboxylic acids is 2. The second kappa shape index (κ2) is 7.41. The summed E-state index contributed by atoms with van der Waals surface area (Å²) < 4.78 is 35.5. The number of carbonyl (C=O) groups is 2. The van der Waals surface area contributed by atoms with Crippen LogP contribution in [0, 0.1) is 5.92 Å². The lowest BCUT2D eigenvalue weighted by Gasteiger charge is -2.12. The molecule has 4 nitrogen and oxygen atoms in total.